The molecule has 0 spiro atoms. The third-order valence-electron chi connectivity index (χ3n) is 19.4. The number of hydrogen-bond donors (Lipinski definition) is 3. The lowest BCUT2D eigenvalue weighted by Gasteiger charge is -2.22. The van der Waals surface area contributed by atoms with Crippen molar-refractivity contribution < 1.29 is 24.5 Å². The lowest BCUT2D eigenvalue weighted by Crippen LogP contribution is -2.45. The topological polar surface area (TPSA) is 95.9 Å². The van der Waals surface area contributed by atoms with Gasteiger partial charge in [0.15, 0.2) is 0 Å². The van der Waals surface area contributed by atoms with E-state index in [4.69, 9.17) is 4.74 Å². The average Bonchev–Trinajstić information content (AvgIpc) is 3.60. The zero-order chi connectivity index (χ0) is 62.0. The first kappa shape index (κ1) is 84.9. The second-order valence-electron chi connectivity index (χ2n) is 28.1. The van der Waals surface area contributed by atoms with Crippen LogP contribution in [0.15, 0.2) is 0 Å². The minimum Gasteiger partial charge on any atom is -0.466 e. The third kappa shape index (κ3) is 71.9. The van der Waals surface area contributed by atoms with Crippen LogP contribution in [0.4, 0.5) is 0 Å². The fourth-order valence-electron chi connectivity index (χ4n) is 13.3. The molecular formula is C80H159NO5. The lowest BCUT2D eigenvalue weighted by molar-refractivity contribution is -0.143. The van der Waals surface area contributed by atoms with Crippen LogP contribution in [0.5, 0.6) is 0 Å². The fourth-order valence-corrected chi connectivity index (χ4v) is 13.3. The van der Waals surface area contributed by atoms with Crippen molar-refractivity contribution in [3.05, 3.63) is 0 Å². The molecule has 2 unspecified atom stereocenters. The molecule has 0 fully saturated rings. The lowest BCUT2D eigenvalue weighted by atomic mass is 10.0. The van der Waals surface area contributed by atoms with Gasteiger partial charge in [0.1, 0.15) is 0 Å². The van der Waals surface area contributed by atoms with Crippen LogP contribution < -0.4 is 5.32 Å². The molecule has 0 radical (unpaired) electrons. The van der Waals surface area contributed by atoms with E-state index in [1.165, 1.54) is 405 Å². The Morgan fingerprint density at radius 1 is 0.279 bits per heavy atom. The summed E-state index contributed by atoms with van der Waals surface area (Å²) in [6, 6.07) is -0.538. The summed E-state index contributed by atoms with van der Waals surface area (Å²) in [5.74, 6) is 0.00229. The summed E-state index contributed by atoms with van der Waals surface area (Å²) in [7, 11) is 0. The van der Waals surface area contributed by atoms with Crippen LogP contribution in [0.25, 0.3) is 0 Å². The van der Waals surface area contributed by atoms with Gasteiger partial charge in [-0.1, -0.05) is 438 Å². The van der Waals surface area contributed by atoms with E-state index in [2.05, 4.69) is 19.2 Å². The molecule has 0 heterocycles. The number of amides is 1. The van der Waals surface area contributed by atoms with Crippen molar-refractivity contribution in [1.29, 1.82) is 0 Å². The smallest absolute Gasteiger partial charge is 0.305 e. The van der Waals surface area contributed by atoms with E-state index >= 15 is 0 Å². The molecular weight excluding hydrogens is 1050 g/mol. The zero-order valence-corrected chi connectivity index (χ0v) is 59.1. The van der Waals surface area contributed by atoms with Gasteiger partial charge in [0.2, 0.25) is 5.91 Å². The van der Waals surface area contributed by atoms with Crippen molar-refractivity contribution in [3.63, 3.8) is 0 Å². The predicted octanol–water partition coefficient (Wildman–Crippen LogP) is 26.5. The van der Waals surface area contributed by atoms with E-state index in [9.17, 15) is 19.8 Å². The normalized spacial score (nSPS) is 12.4. The van der Waals surface area contributed by atoms with Crippen LogP contribution in [0.3, 0.4) is 0 Å². The van der Waals surface area contributed by atoms with Gasteiger partial charge in [-0.3, -0.25) is 9.59 Å². The van der Waals surface area contributed by atoms with E-state index in [1.807, 2.05) is 0 Å². The summed E-state index contributed by atoms with van der Waals surface area (Å²) in [5, 5.41) is 23.4. The number of aliphatic hydroxyl groups is 2. The molecule has 0 aromatic rings. The fraction of sp³-hybridized carbons (Fsp3) is 0.975. The van der Waals surface area contributed by atoms with Crippen LogP contribution in [0, 0.1) is 0 Å². The van der Waals surface area contributed by atoms with Crippen molar-refractivity contribution in [3.8, 4) is 0 Å². The maximum Gasteiger partial charge on any atom is 0.305 e. The Morgan fingerprint density at radius 3 is 0.709 bits per heavy atom. The monoisotopic (exact) mass is 1210 g/mol. The summed E-state index contributed by atoms with van der Waals surface area (Å²) < 4.78 is 5.52. The highest BCUT2D eigenvalue weighted by Crippen LogP contribution is 2.21. The Kier molecular flexibility index (Phi) is 75.3. The highest BCUT2D eigenvalue weighted by molar-refractivity contribution is 5.76. The second-order valence-corrected chi connectivity index (χ2v) is 28.1. The Morgan fingerprint density at radius 2 is 0.477 bits per heavy atom. The van der Waals surface area contributed by atoms with E-state index in [0.29, 0.717) is 25.9 Å². The Bertz CT molecular complexity index is 1260. The number of ether oxygens (including phenoxy) is 1. The number of rotatable bonds is 77. The molecule has 0 aromatic heterocycles. The van der Waals surface area contributed by atoms with Crippen molar-refractivity contribution in [1.82, 2.24) is 5.32 Å². The minimum atomic E-state index is -0.661. The molecule has 6 nitrogen and oxygen atoms in total. The highest BCUT2D eigenvalue weighted by atomic mass is 16.5. The first-order valence-corrected chi connectivity index (χ1v) is 40.3. The molecule has 0 bridgehead atoms. The zero-order valence-electron chi connectivity index (χ0n) is 59.1. The van der Waals surface area contributed by atoms with Crippen molar-refractivity contribution in [2.24, 2.45) is 0 Å². The molecule has 6 heteroatoms. The Balaban J connectivity index is 3.30. The van der Waals surface area contributed by atoms with Crippen LogP contribution in [0.1, 0.15) is 476 Å². The summed E-state index contributed by atoms with van der Waals surface area (Å²) in [5.41, 5.74) is 0. The van der Waals surface area contributed by atoms with Gasteiger partial charge in [-0.25, -0.2) is 0 Å². The van der Waals surface area contributed by atoms with Crippen molar-refractivity contribution in [2.75, 3.05) is 13.2 Å². The Labute approximate surface area is 540 Å². The van der Waals surface area contributed by atoms with Gasteiger partial charge in [-0.15, -0.1) is 0 Å². The van der Waals surface area contributed by atoms with E-state index in [-0.39, 0.29) is 18.5 Å². The highest BCUT2D eigenvalue weighted by Gasteiger charge is 2.20. The first-order valence-electron chi connectivity index (χ1n) is 40.3. The molecule has 1 amide bonds. The first-order chi connectivity index (χ1) is 42.5. The molecule has 0 saturated heterocycles. The summed E-state index contributed by atoms with van der Waals surface area (Å²) in [6.45, 7) is 5.02. The van der Waals surface area contributed by atoms with E-state index in [1.54, 1.807) is 0 Å². The number of carbonyl (C=O) groups excluding carboxylic acids is 2. The number of hydrogen-bond acceptors (Lipinski definition) is 5. The number of nitrogens with one attached hydrogen (secondary N) is 1. The van der Waals surface area contributed by atoms with Crippen molar-refractivity contribution in [2.45, 2.75) is 488 Å². The van der Waals surface area contributed by atoms with Gasteiger partial charge in [0.05, 0.1) is 25.4 Å². The number of unbranched alkanes of at least 4 members (excludes halogenated alkanes) is 66. The van der Waals surface area contributed by atoms with Gasteiger partial charge in [-0.05, 0) is 25.7 Å². The molecule has 0 aliphatic rings. The summed E-state index contributed by atoms with van der Waals surface area (Å²) in [4.78, 5) is 24.7. The summed E-state index contributed by atoms with van der Waals surface area (Å²) in [6.07, 6.45) is 94.9. The quantitative estimate of drug-likeness (QED) is 0.0417. The van der Waals surface area contributed by atoms with Gasteiger partial charge in [-0.2, -0.15) is 0 Å². The summed E-state index contributed by atoms with van der Waals surface area (Å²) >= 11 is 0. The SMILES string of the molecule is CCCCCCCCCCCCCCCCCCCCCCC(O)C(CO)NC(=O)CCCCCCCCCCCCCCCCCCCCCCCCCCCCCCCCCCOC(=O)CCCCCCCCCCCCCCCCCCC. The van der Waals surface area contributed by atoms with Crippen LogP contribution in [-0.4, -0.2) is 47.4 Å². The molecule has 0 aliphatic heterocycles. The van der Waals surface area contributed by atoms with Crippen LogP contribution in [0.2, 0.25) is 0 Å². The van der Waals surface area contributed by atoms with E-state index in [0.717, 1.165) is 38.5 Å². The van der Waals surface area contributed by atoms with E-state index < -0.39 is 12.1 Å². The van der Waals surface area contributed by atoms with Gasteiger partial charge in [0, 0.05) is 12.8 Å². The molecule has 0 saturated carbocycles. The number of aliphatic hydroxyl groups excluding tert-OH is 2. The van der Waals surface area contributed by atoms with Crippen LogP contribution >= 0.6 is 0 Å². The van der Waals surface area contributed by atoms with Gasteiger partial charge in [0.25, 0.3) is 0 Å². The second kappa shape index (κ2) is 76.3. The largest absolute Gasteiger partial charge is 0.466 e. The molecule has 0 aromatic carbocycles. The maximum atomic E-state index is 12.6. The van der Waals surface area contributed by atoms with Gasteiger partial charge < -0.3 is 20.3 Å². The molecule has 514 valence electrons. The predicted molar refractivity (Wildman–Crippen MR) is 380 cm³/mol. The third-order valence-corrected chi connectivity index (χ3v) is 19.4. The molecule has 2 atom stereocenters. The minimum absolute atomic E-state index is 0.0245. The average molecular weight is 1220 g/mol. The number of carbonyl (C=O) groups is 2. The molecule has 86 heavy (non-hydrogen) atoms. The molecule has 0 rings (SSSR count). The molecule has 3 N–H and O–H groups in total. The Hall–Kier alpha value is -1.14. The molecule has 0 aliphatic carbocycles. The van der Waals surface area contributed by atoms with Crippen LogP contribution in [-0.2, 0) is 14.3 Å². The van der Waals surface area contributed by atoms with Crippen molar-refractivity contribution >= 4 is 11.9 Å². The van der Waals surface area contributed by atoms with Gasteiger partial charge >= 0.3 is 5.97 Å². The maximum absolute atomic E-state index is 12.6. The standard InChI is InChI=1S/C80H159NO5/c1-3-5-7-9-11-13-15-17-19-21-22-37-41-44-48-52-56-60-64-68-72-78(83)77(76-82)81-79(84)73-69-65-61-57-53-49-45-42-38-35-33-31-29-27-25-23-24-26-28-30-32-34-36-39-43-47-51-55-59-63-67-71-75-86-80(85)74-70-66-62-58-54-50-46-40-20-18-16-14-12-10-8-6-4-2/h77-78,82-83H,3-76H2,1-2H3,(H,81,84). The number of esters is 1.